The van der Waals surface area contributed by atoms with E-state index in [0.29, 0.717) is 0 Å². The number of likely N-dealkylation sites (N-methyl/N-ethyl adjacent to an activating group) is 1. The molecule has 0 aromatic rings. The maximum atomic E-state index is 11.8. The summed E-state index contributed by atoms with van der Waals surface area (Å²) in [4.78, 5) is 17.9. The number of amides is 1. The molecule has 1 aliphatic heterocycles. The van der Waals surface area contributed by atoms with Crippen LogP contribution in [0.15, 0.2) is 4.99 Å². The van der Waals surface area contributed by atoms with E-state index in [1.807, 2.05) is 27.8 Å². The lowest BCUT2D eigenvalue weighted by Crippen LogP contribution is -2.38. The second-order valence-corrected chi connectivity index (χ2v) is 3.76. The number of carbonyl (C=O) groups excluding carboxylic acids is 1. The molecule has 0 aromatic carbocycles. The molecule has 1 amide bonds. The molecular formula is C11H20N2O. The monoisotopic (exact) mass is 196 g/mol. The molecule has 14 heavy (non-hydrogen) atoms. The highest BCUT2D eigenvalue weighted by Gasteiger charge is 2.47. The van der Waals surface area contributed by atoms with Gasteiger partial charge in [-0.2, -0.15) is 0 Å². The Morgan fingerprint density at radius 1 is 1.29 bits per heavy atom. The van der Waals surface area contributed by atoms with Crippen LogP contribution in [0.3, 0.4) is 0 Å². The van der Waals surface area contributed by atoms with Crippen molar-refractivity contribution >= 4 is 11.7 Å². The molecule has 2 rings (SSSR count). The third kappa shape index (κ3) is 1.56. The van der Waals surface area contributed by atoms with Gasteiger partial charge in [0.1, 0.15) is 11.4 Å². The van der Waals surface area contributed by atoms with Crippen molar-refractivity contribution in [3.63, 3.8) is 0 Å². The number of amidine groups is 1. The zero-order valence-electron chi connectivity index (χ0n) is 9.63. The Kier molecular flexibility index (Phi) is 3.29. The maximum Gasteiger partial charge on any atom is 0.255 e. The molecule has 0 bridgehead atoms. The summed E-state index contributed by atoms with van der Waals surface area (Å²) in [6.45, 7) is 5.91. The van der Waals surface area contributed by atoms with E-state index >= 15 is 0 Å². The van der Waals surface area contributed by atoms with Crippen LogP contribution in [0.25, 0.3) is 0 Å². The average molecular weight is 196 g/mol. The van der Waals surface area contributed by atoms with Gasteiger partial charge in [0.2, 0.25) is 0 Å². The van der Waals surface area contributed by atoms with E-state index in [-0.39, 0.29) is 11.4 Å². The number of nitrogens with zero attached hydrogens (tertiary/aromatic N) is 2. The van der Waals surface area contributed by atoms with Crippen molar-refractivity contribution in [2.24, 2.45) is 4.99 Å². The average Bonchev–Trinajstić information content (AvgIpc) is 2.74. The molecule has 1 aliphatic carbocycles. The summed E-state index contributed by atoms with van der Waals surface area (Å²) >= 11 is 0. The predicted octanol–water partition coefficient (Wildman–Crippen LogP) is 2.22. The van der Waals surface area contributed by atoms with Crippen molar-refractivity contribution < 1.29 is 4.79 Å². The van der Waals surface area contributed by atoms with Crippen LogP contribution in [0, 0.1) is 0 Å². The molecule has 0 saturated heterocycles. The minimum atomic E-state index is -0.334. The van der Waals surface area contributed by atoms with Crippen molar-refractivity contribution in [3.8, 4) is 0 Å². The van der Waals surface area contributed by atoms with E-state index in [0.717, 1.165) is 31.5 Å². The van der Waals surface area contributed by atoms with Crippen LogP contribution in [-0.2, 0) is 4.79 Å². The van der Waals surface area contributed by atoms with Crippen LogP contribution in [0.4, 0.5) is 0 Å². The molecule has 2 aliphatic rings. The fourth-order valence-electron chi connectivity index (χ4n) is 2.18. The van der Waals surface area contributed by atoms with E-state index in [2.05, 4.69) is 4.99 Å². The van der Waals surface area contributed by atoms with Gasteiger partial charge in [-0.1, -0.05) is 26.7 Å². The standard InChI is InChI=1S/C9H14N2O.C2H6/c1-7-10-9(5-3-4-6-9)8(12)11(7)2;1-2/h3-6H2,1-2H3;1-2H3. The van der Waals surface area contributed by atoms with E-state index in [1.54, 1.807) is 4.90 Å². The van der Waals surface area contributed by atoms with Gasteiger partial charge in [-0.3, -0.25) is 9.79 Å². The highest BCUT2D eigenvalue weighted by molar-refractivity contribution is 6.07. The first-order chi connectivity index (χ1) is 6.66. The normalized spacial score (nSPS) is 23.6. The SMILES string of the molecule is CC.CC1=NC2(CCCC2)C(=O)N1C. The van der Waals surface area contributed by atoms with E-state index in [1.165, 1.54) is 0 Å². The van der Waals surface area contributed by atoms with Gasteiger partial charge < -0.3 is 4.90 Å². The number of hydrogen-bond donors (Lipinski definition) is 0. The molecule has 1 saturated carbocycles. The van der Waals surface area contributed by atoms with E-state index in [4.69, 9.17) is 0 Å². The first-order valence-corrected chi connectivity index (χ1v) is 5.50. The minimum absolute atomic E-state index is 0.206. The number of aliphatic imine (C=N–C) groups is 1. The molecule has 80 valence electrons. The molecule has 3 heteroatoms. The predicted molar refractivity (Wildman–Crippen MR) is 58.4 cm³/mol. The topological polar surface area (TPSA) is 32.7 Å². The van der Waals surface area contributed by atoms with E-state index < -0.39 is 0 Å². The van der Waals surface area contributed by atoms with Gasteiger partial charge in [0.15, 0.2) is 0 Å². The lowest BCUT2D eigenvalue weighted by Gasteiger charge is -2.17. The number of hydrogen-bond acceptors (Lipinski definition) is 2. The smallest absolute Gasteiger partial charge is 0.255 e. The Labute approximate surface area is 86.2 Å². The minimum Gasteiger partial charge on any atom is -0.302 e. The van der Waals surface area contributed by atoms with Crippen molar-refractivity contribution in [1.82, 2.24) is 4.90 Å². The highest BCUT2D eigenvalue weighted by atomic mass is 16.2. The molecule has 1 spiro atoms. The van der Waals surface area contributed by atoms with Gasteiger partial charge in [-0.15, -0.1) is 0 Å². The first kappa shape index (κ1) is 11.2. The van der Waals surface area contributed by atoms with Crippen LogP contribution < -0.4 is 0 Å². The van der Waals surface area contributed by atoms with Crippen LogP contribution in [-0.4, -0.2) is 29.2 Å². The highest BCUT2D eigenvalue weighted by Crippen LogP contribution is 2.38. The maximum absolute atomic E-state index is 11.8. The van der Waals surface area contributed by atoms with Crippen LogP contribution in [0.1, 0.15) is 46.5 Å². The van der Waals surface area contributed by atoms with E-state index in [9.17, 15) is 4.79 Å². The van der Waals surface area contributed by atoms with Gasteiger partial charge >= 0.3 is 0 Å². The zero-order chi connectivity index (χ0) is 10.8. The molecule has 0 aromatic heterocycles. The summed E-state index contributed by atoms with van der Waals surface area (Å²) in [5.74, 6) is 1.08. The Balaban J connectivity index is 0.000000461. The Morgan fingerprint density at radius 2 is 1.79 bits per heavy atom. The Morgan fingerprint density at radius 3 is 2.14 bits per heavy atom. The van der Waals surface area contributed by atoms with Gasteiger partial charge in [-0.25, -0.2) is 0 Å². The van der Waals surface area contributed by atoms with Crippen molar-refractivity contribution in [2.45, 2.75) is 52.0 Å². The van der Waals surface area contributed by atoms with Gasteiger partial charge in [0, 0.05) is 7.05 Å². The second-order valence-electron chi connectivity index (χ2n) is 3.76. The summed E-state index contributed by atoms with van der Waals surface area (Å²) in [6.07, 6.45) is 4.20. The Bertz CT molecular complexity index is 252. The summed E-state index contributed by atoms with van der Waals surface area (Å²) in [7, 11) is 1.81. The molecule has 1 fully saturated rings. The van der Waals surface area contributed by atoms with Crippen molar-refractivity contribution in [3.05, 3.63) is 0 Å². The molecule has 0 radical (unpaired) electrons. The van der Waals surface area contributed by atoms with Gasteiger partial charge in [0.05, 0.1) is 0 Å². The lowest BCUT2D eigenvalue weighted by atomic mass is 9.98. The third-order valence-electron chi connectivity index (χ3n) is 2.99. The molecule has 0 N–H and O–H groups in total. The molecule has 0 unspecified atom stereocenters. The quantitative estimate of drug-likeness (QED) is 0.584. The molecular weight excluding hydrogens is 176 g/mol. The fourth-order valence-corrected chi connectivity index (χ4v) is 2.18. The first-order valence-electron chi connectivity index (χ1n) is 5.50. The molecule has 3 nitrogen and oxygen atoms in total. The van der Waals surface area contributed by atoms with Gasteiger partial charge in [-0.05, 0) is 19.8 Å². The fraction of sp³-hybridized carbons (Fsp3) is 0.818. The second kappa shape index (κ2) is 4.11. The largest absolute Gasteiger partial charge is 0.302 e. The number of carbonyl (C=O) groups is 1. The Hall–Kier alpha value is -0.860. The van der Waals surface area contributed by atoms with Crippen LogP contribution >= 0.6 is 0 Å². The van der Waals surface area contributed by atoms with Crippen molar-refractivity contribution in [1.29, 1.82) is 0 Å². The third-order valence-corrected chi connectivity index (χ3v) is 2.99. The summed E-state index contributed by atoms with van der Waals surface area (Å²) in [5, 5.41) is 0. The molecule has 1 heterocycles. The summed E-state index contributed by atoms with van der Waals surface area (Å²) in [5.41, 5.74) is -0.334. The van der Waals surface area contributed by atoms with Crippen molar-refractivity contribution in [2.75, 3.05) is 7.05 Å². The van der Waals surface area contributed by atoms with Crippen LogP contribution in [0.2, 0.25) is 0 Å². The van der Waals surface area contributed by atoms with Crippen LogP contribution in [0.5, 0.6) is 0 Å². The number of rotatable bonds is 0. The zero-order valence-corrected chi connectivity index (χ0v) is 9.63. The summed E-state index contributed by atoms with van der Waals surface area (Å²) in [6, 6.07) is 0. The molecule has 0 atom stereocenters. The summed E-state index contributed by atoms with van der Waals surface area (Å²) < 4.78 is 0. The van der Waals surface area contributed by atoms with Gasteiger partial charge in [0.25, 0.3) is 5.91 Å². The lowest BCUT2D eigenvalue weighted by molar-refractivity contribution is -0.130.